The molecular formula is C15H17N5OS. The maximum Gasteiger partial charge on any atom is 0.296 e. The fourth-order valence-electron chi connectivity index (χ4n) is 2.59. The van der Waals surface area contributed by atoms with Gasteiger partial charge in [0.05, 0.1) is 6.21 Å². The number of aromatic amines is 1. The van der Waals surface area contributed by atoms with E-state index in [0.29, 0.717) is 5.69 Å². The van der Waals surface area contributed by atoms with Gasteiger partial charge in [0, 0.05) is 19.3 Å². The van der Waals surface area contributed by atoms with E-state index in [-0.39, 0.29) is 10.3 Å². The molecule has 114 valence electrons. The molecule has 6 nitrogen and oxygen atoms in total. The van der Waals surface area contributed by atoms with E-state index in [4.69, 9.17) is 12.2 Å². The number of benzene rings is 1. The SMILES string of the molecule is Cc1n[nH]c(=S)n(/N=C/c2ccc3c(c2)CCCN3C)c1=O. The lowest BCUT2D eigenvalue weighted by Gasteiger charge is -2.27. The largest absolute Gasteiger partial charge is 0.374 e. The number of fused-ring (bicyclic) bond motifs is 1. The highest BCUT2D eigenvalue weighted by molar-refractivity contribution is 7.71. The van der Waals surface area contributed by atoms with Crippen LogP contribution in [-0.4, -0.2) is 34.7 Å². The summed E-state index contributed by atoms with van der Waals surface area (Å²) in [5.74, 6) is 0. The summed E-state index contributed by atoms with van der Waals surface area (Å²) in [5.41, 5.74) is 3.54. The third-order valence-corrected chi connectivity index (χ3v) is 4.05. The molecule has 7 heteroatoms. The summed E-state index contributed by atoms with van der Waals surface area (Å²) in [7, 11) is 2.10. The minimum Gasteiger partial charge on any atom is -0.374 e. The normalized spacial score (nSPS) is 14.4. The second-order valence-electron chi connectivity index (χ2n) is 5.39. The first kappa shape index (κ1) is 14.6. The summed E-state index contributed by atoms with van der Waals surface area (Å²) >= 11 is 5.05. The summed E-state index contributed by atoms with van der Waals surface area (Å²) < 4.78 is 1.34. The second kappa shape index (κ2) is 5.84. The van der Waals surface area contributed by atoms with E-state index in [2.05, 4.69) is 39.4 Å². The molecule has 0 aliphatic carbocycles. The lowest BCUT2D eigenvalue weighted by molar-refractivity contribution is 0.720. The van der Waals surface area contributed by atoms with Crippen LogP contribution < -0.4 is 10.5 Å². The number of hydrogen-bond acceptors (Lipinski definition) is 5. The first-order chi connectivity index (χ1) is 10.6. The highest BCUT2D eigenvalue weighted by Crippen LogP contribution is 2.26. The fraction of sp³-hybridized carbons (Fsp3) is 0.333. The maximum absolute atomic E-state index is 12.0. The average Bonchev–Trinajstić information content (AvgIpc) is 2.51. The highest BCUT2D eigenvalue weighted by Gasteiger charge is 2.13. The topological polar surface area (TPSA) is 66.3 Å². The van der Waals surface area contributed by atoms with Crippen molar-refractivity contribution >= 4 is 24.1 Å². The molecule has 2 heterocycles. The van der Waals surface area contributed by atoms with Crippen molar-refractivity contribution in [3.05, 3.63) is 50.1 Å². The standard InChI is InChI=1S/C15H17N5OS/c1-10-14(21)20(15(22)18-17-10)16-9-11-5-6-13-12(8-11)4-3-7-19(13)2/h5-6,8-9H,3-4,7H2,1-2H3,(H,18,22)/b16-9+. The Labute approximate surface area is 133 Å². The zero-order valence-electron chi connectivity index (χ0n) is 12.5. The molecule has 1 aromatic carbocycles. The number of H-pyrrole nitrogens is 1. The second-order valence-corrected chi connectivity index (χ2v) is 5.78. The lowest BCUT2D eigenvalue weighted by atomic mass is 10.00. The molecule has 22 heavy (non-hydrogen) atoms. The van der Waals surface area contributed by atoms with Crippen molar-refractivity contribution in [1.29, 1.82) is 0 Å². The molecule has 1 aliphatic rings. The molecule has 3 rings (SSSR count). The number of aryl methyl sites for hydroxylation is 2. The average molecular weight is 315 g/mol. The van der Waals surface area contributed by atoms with Gasteiger partial charge in [-0.2, -0.15) is 14.9 Å². The Kier molecular flexibility index (Phi) is 3.89. The van der Waals surface area contributed by atoms with Crippen LogP contribution in [0.25, 0.3) is 0 Å². The van der Waals surface area contributed by atoms with Crippen LogP contribution in [0, 0.1) is 11.7 Å². The third-order valence-electron chi connectivity index (χ3n) is 3.79. The first-order valence-corrected chi connectivity index (χ1v) is 7.54. The van der Waals surface area contributed by atoms with Crippen molar-refractivity contribution < 1.29 is 0 Å². The molecule has 1 aromatic heterocycles. The molecule has 1 aliphatic heterocycles. The van der Waals surface area contributed by atoms with Gasteiger partial charge in [0.25, 0.3) is 5.56 Å². The summed E-state index contributed by atoms with van der Waals surface area (Å²) in [4.78, 5) is 14.2. The Balaban J connectivity index is 1.96. The number of rotatable bonds is 2. The molecule has 0 radical (unpaired) electrons. The van der Waals surface area contributed by atoms with Crippen LogP contribution in [0.5, 0.6) is 0 Å². The molecule has 1 N–H and O–H groups in total. The molecule has 0 saturated heterocycles. The Hall–Kier alpha value is -2.28. The van der Waals surface area contributed by atoms with Crippen LogP contribution in [0.2, 0.25) is 0 Å². The van der Waals surface area contributed by atoms with Gasteiger partial charge in [-0.1, -0.05) is 6.07 Å². The van der Waals surface area contributed by atoms with Crippen LogP contribution in [0.3, 0.4) is 0 Å². The van der Waals surface area contributed by atoms with Gasteiger partial charge in [0.15, 0.2) is 0 Å². The van der Waals surface area contributed by atoms with Crippen molar-refractivity contribution in [3.63, 3.8) is 0 Å². The summed E-state index contributed by atoms with van der Waals surface area (Å²) in [6.45, 7) is 2.70. The third kappa shape index (κ3) is 2.71. The van der Waals surface area contributed by atoms with Crippen LogP contribution in [0.4, 0.5) is 5.69 Å². The number of aromatic nitrogens is 3. The number of anilines is 1. The quantitative estimate of drug-likeness (QED) is 0.679. The predicted molar refractivity (Wildman–Crippen MR) is 89.4 cm³/mol. The van der Waals surface area contributed by atoms with E-state index in [1.165, 1.54) is 11.3 Å². The zero-order chi connectivity index (χ0) is 15.7. The zero-order valence-corrected chi connectivity index (χ0v) is 13.4. The smallest absolute Gasteiger partial charge is 0.296 e. The van der Waals surface area contributed by atoms with E-state index in [0.717, 1.165) is 29.6 Å². The number of nitrogens with one attached hydrogen (secondary N) is 1. The van der Waals surface area contributed by atoms with Gasteiger partial charge in [-0.25, -0.2) is 0 Å². The van der Waals surface area contributed by atoms with E-state index in [1.54, 1.807) is 13.1 Å². The van der Waals surface area contributed by atoms with E-state index in [9.17, 15) is 4.79 Å². The predicted octanol–water partition coefficient (Wildman–Crippen LogP) is 1.87. The highest BCUT2D eigenvalue weighted by atomic mass is 32.1. The Morgan fingerprint density at radius 1 is 1.45 bits per heavy atom. The van der Waals surface area contributed by atoms with Crippen LogP contribution in [0.15, 0.2) is 28.1 Å². The van der Waals surface area contributed by atoms with Crippen LogP contribution in [-0.2, 0) is 6.42 Å². The Bertz CT molecular complexity index is 852. The minimum absolute atomic E-state index is 0.185. The summed E-state index contributed by atoms with van der Waals surface area (Å²) in [5, 5.41) is 10.6. The van der Waals surface area contributed by atoms with Crippen molar-refractivity contribution in [2.75, 3.05) is 18.5 Å². The molecule has 0 unspecified atom stereocenters. The molecule has 0 fully saturated rings. The van der Waals surface area contributed by atoms with Crippen LogP contribution in [0.1, 0.15) is 23.2 Å². The lowest BCUT2D eigenvalue weighted by Crippen LogP contribution is -2.24. The Morgan fingerprint density at radius 3 is 3.09 bits per heavy atom. The number of hydrogen-bond donors (Lipinski definition) is 1. The van der Waals surface area contributed by atoms with Crippen molar-refractivity contribution in [2.24, 2.45) is 5.10 Å². The van der Waals surface area contributed by atoms with Crippen molar-refractivity contribution in [3.8, 4) is 0 Å². The molecular weight excluding hydrogens is 298 g/mol. The minimum atomic E-state index is -0.308. The molecule has 2 aromatic rings. The van der Waals surface area contributed by atoms with Crippen molar-refractivity contribution in [1.82, 2.24) is 14.9 Å². The molecule has 0 saturated carbocycles. The fourth-order valence-corrected chi connectivity index (χ4v) is 2.76. The Morgan fingerprint density at radius 2 is 2.27 bits per heavy atom. The van der Waals surface area contributed by atoms with Gasteiger partial charge in [-0.15, -0.1) is 0 Å². The maximum atomic E-state index is 12.0. The molecule has 0 amide bonds. The van der Waals surface area contributed by atoms with Gasteiger partial charge in [0.1, 0.15) is 5.69 Å². The first-order valence-electron chi connectivity index (χ1n) is 7.13. The monoisotopic (exact) mass is 315 g/mol. The van der Waals surface area contributed by atoms with E-state index >= 15 is 0 Å². The van der Waals surface area contributed by atoms with E-state index in [1.807, 2.05) is 6.07 Å². The van der Waals surface area contributed by atoms with Gasteiger partial charge in [0.2, 0.25) is 4.77 Å². The summed E-state index contributed by atoms with van der Waals surface area (Å²) in [6, 6.07) is 6.20. The summed E-state index contributed by atoms with van der Waals surface area (Å²) in [6.07, 6.45) is 3.87. The van der Waals surface area contributed by atoms with Gasteiger partial charge < -0.3 is 4.90 Å². The van der Waals surface area contributed by atoms with Crippen molar-refractivity contribution in [2.45, 2.75) is 19.8 Å². The molecule has 0 bridgehead atoms. The molecule has 0 atom stereocenters. The van der Waals surface area contributed by atoms with Gasteiger partial charge in [-0.3, -0.25) is 9.89 Å². The van der Waals surface area contributed by atoms with E-state index < -0.39 is 0 Å². The molecule has 0 spiro atoms. The number of nitrogens with zero attached hydrogens (tertiary/aromatic N) is 4. The van der Waals surface area contributed by atoms with Gasteiger partial charge in [-0.05, 0) is 55.2 Å². The van der Waals surface area contributed by atoms with Gasteiger partial charge >= 0.3 is 0 Å². The van der Waals surface area contributed by atoms with Crippen LogP contribution >= 0.6 is 12.2 Å².